The lowest BCUT2D eigenvalue weighted by atomic mass is 9.83. The Hall–Kier alpha value is -5.60. The lowest BCUT2D eigenvalue weighted by Crippen LogP contribution is -2.18. The van der Waals surface area contributed by atoms with Crippen molar-refractivity contribution in [3.05, 3.63) is 132 Å². The van der Waals surface area contributed by atoms with Crippen molar-refractivity contribution in [3.8, 4) is 22.3 Å². The Morgan fingerprint density at radius 1 is 0.432 bits per heavy atom. The first-order valence-corrected chi connectivity index (χ1v) is 15.2. The molecule has 0 bridgehead atoms. The van der Waals surface area contributed by atoms with E-state index >= 15 is 0 Å². The van der Waals surface area contributed by atoms with Gasteiger partial charge >= 0.3 is 0 Å². The highest BCUT2D eigenvalue weighted by atomic mass is 16.3. The van der Waals surface area contributed by atoms with Crippen LogP contribution in [0.25, 0.3) is 99.6 Å². The van der Waals surface area contributed by atoms with Crippen LogP contribution in [0, 0.1) is 0 Å². The van der Waals surface area contributed by atoms with E-state index in [1.807, 2.05) is 25.1 Å². The maximum atomic E-state index is 6.22. The summed E-state index contributed by atoms with van der Waals surface area (Å²) in [4.78, 5) is 0. The van der Waals surface area contributed by atoms with Crippen LogP contribution < -0.4 is 10.6 Å². The predicted molar refractivity (Wildman–Crippen MR) is 186 cm³/mol. The fourth-order valence-corrected chi connectivity index (χ4v) is 7.24. The Morgan fingerprint density at radius 2 is 1.05 bits per heavy atom. The summed E-state index contributed by atoms with van der Waals surface area (Å²) < 4.78 is 12.4. The number of benzene rings is 7. The zero-order chi connectivity index (χ0) is 29.4. The molecule has 0 unspecified atom stereocenters. The number of para-hydroxylation sites is 1. The fraction of sp³-hybridized carbons (Fsp3) is 0.0476. The molecule has 2 aromatic heterocycles. The Morgan fingerprint density at radius 3 is 1.82 bits per heavy atom. The fourth-order valence-electron chi connectivity index (χ4n) is 7.24. The van der Waals surface area contributed by atoms with E-state index in [1.165, 1.54) is 54.6 Å². The van der Waals surface area contributed by atoms with Crippen molar-refractivity contribution in [3.63, 3.8) is 0 Å². The molecule has 0 aliphatic carbocycles. The summed E-state index contributed by atoms with van der Waals surface area (Å²) >= 11 is 0. The molecule has 208 valence electrons. The van der Waals surface area contributed by atoms with Crippen LogP contribution in [0.3, 0.4) is 0 Å². The summed E-state index contributed by atoms with van der Waals surface area (Å²) in [6, 6.07) is 43.8. The number of hydrogen-bond donors (Lipinski definition) is 0. The molecular weight excluding hydrogens is 536 g/mol. The Kier molecular flexibility index (Phi) is 5.36. The van der Waals surface area contributed by atoms with Crippen LogP contribution in [-0.2, 0) is 0 Å². The molecule has 9 aromatic rings. The minimum absolute atomic E-state index is 0.908. The molecule has 44 heavy (non-hydrogen) atoms. The first kappa shape index (κ1) is 24.9. The highest BCUT2D eigenvalue weighted by molar-refractivity contribution is 6.28. The van der Waals surface area contributed by atoms with Crippen LogP contribution in [0.5, 0.6) is 0 Å². The van der Waals surface area contributed by atoms with E-state index in [0.29, 0.717) is 0 Å². The van der Waals surface area contributed by atoms with Crippen LogP contribution in [0.1, 0.15) is 13.8 Å². The van der Waals surface area contributed by atoms with Gasteiger partial charge in [0.25, 0.3) is 0 Å². The topological polar surface area (TPSA) is 26.3 Å². The monoisotopic (exact) mass is 564 g/mol. The molecule has 2 heteroatoms. The van der Waals surface area contributed by atoms with Crippen molar-refractivity contribution < 1.29 is 8.83 Å². The quantitative estimate of drug-likeness (QED) is 0.154. The molecule has 0 spiro atoms. The average Bonchev–Trinajstić information content (AvgIpc) is 3.64. The summed E-state index contributed by atoms with van der Waals surface area (Å²) in [6.07, 6.45) is 4.19. The first-order valence-electron chi connectivity index (χ1n) is 15.2. The van der Waals surface area contributed by atoms with Gasteiger partial charge in [0.1, 0.15) is 22.2 Å². The number of fused-ring (bicyclic) bond motifs is 8. The third-order valence-corrected chi connectivity index (χ3v) is 9.17. The summed E-state index contributed by atoms with van der Waals surface area (Å²) in [7, 11) is 0. The van der Waals surface area contributed by atoms with Crippen molar-refractivity contribution in [2.75, 3.05) is 0 Å². The largest absolute Gasteiger partial charge is 0.456 e. The second-order valence-electron chi connectivity index (χ2n) is 11.5. The van der Waals surface area contributed by atoms with Gasteiger partial charge in [-0.05, 0) is 105 Å². The van der Waals surface area contributed by atoms with Crippen molar-refractivity contribution in [1.29, 1.82) is 0 Å². The van der Waals surface area contributed by atoms with Gasteiger partial charge in [0.2, 0.25) is 0 Å². The first-order chi connectivity index (χ1) is 21.7. The average molecular weight is 565 g/mol. The van der Waals surface area contributed by atoms with Crippen molar-refractivity contribution >= 4 is 77.4 Å². The van der Waals surface area contributed by atoms with E-state index < -0.39 is 0 Å². The van der Waals surface area contributed by atoms with Gasteiger partial charge in [-0.3, -0.25) is 0 Å². The molecule has 2 nitrogen and oxygen atoms in total. The molecule has 0 fully saturated rings. The van der Waals surface area contributed by atoms with E-state index in [9.17, 15) is 0 Å². The Bertz CT molecular complexity index is 2740. The predicted octanol–water partition coefficient (Wildman–Crippen LogP) is 10.7. The zero-order valence-electron chi connectivity index (χ0n) is 24.5. The van der Waals surface area contributed by atoms with E-state index in [1.54, 1.807) is 0 Å². The molecule has 0 aliphatic rings. The smallest absolute Gasteiger partial charge is 0.135 e. The molecule has 0 atom stereocenters. The van der Waals surface area contributed by atoms with Gasteiger partial charge in [-0.25, -0.2) is 0 Å². The molecule has 0 saturated heterocycles. The van der Waals surface area contributed by atoms with E-state index in [-0.39, 0.29) is 0 Å². The summed E-state index contributed by atoms with van der Waals surface area (Å²) in [6.45, 7) is 4.11. The van der Waals surface area contributed by atoms with Crippen LogP contribution >= 0.6 is 0 Å². The Labute approximate surface area is 253 Å². The summed E-state index contributed by atoms with van der Waals surface area (Å²) in [5, 5.41) is 12.0. The van der Waals surface area contributed by atoms with Gasteiger partial charge in [-0.15, -0.1) is 0 Å². The summed E-state index contributed by atoms with van der Waals surface area (Å²) in [5.41, 5.74) is 8.50. The van der Waals surface area contributed by atoms with Crippen LogP contribution in [0.2, 0.25) is 0 Å². The van der Waals surface area contributed by atoms with Gasteiger partial charge in [-0.2, -0.15) is 0 Å². The van der Waals surface area contributed by atoms with Gasteiger partial charge < -0.3 is 8.83 Å². The molecule has 7 aromatic carbocycles. The van der Waals surface area contributed by atoms with Crippen LogP contribution in [-0.4, -0.2) is 0 Å². The van der Waals surface area contributed by atoms with E-state index in [2.05, 4.69) is 122 Å². The van der Waals surface area contributed by atoms with Gasteiger partial charge in [0, 0.05) is 21.4 Å². The van der Waals surface area contributed by atoms with E-state index in [4.69, 9.17) is 8.83 Å². The van der Waals surface area contributed by atoms with Crippen LogP contribution in [0.15, 0.2) is 130 Å². The molecular formula is C42H28O2. The van der Waals surface area contributed by atoms with Gasteiger partial charge in [-0.1, -0.05) is 97.1 Å². The maximum Gasteiger partial charge on any atom is 0.135 e. The molecule has 0 saturated carbocycles. The zero-order valence-corrected chi connectivity index (χ0v) is 24.5. The minimum Gasteiger partial charge on any atom is -0.456 e. The second-order valence-corrected chi connectivity index (χ2v) is 11.5. The van der Waals surface area contributed by atoms with E-state index in [0.717, 1.165) is 43.5 Å². The number of hydrogen-bond acceptors (Lipinski definition) is 2. The number of furan rings is 2. The molecule has 0 N–H and O–H groups in total. The second kappa shape index (κ2) is 9.45. The van der Waals surface area contributed by atoms with Crippen molar-refractivity contribution in [2.24, 2.45) is 0 Å². The highest BCUT2D eigenvalue weighted by Gasteiger charge is 2.20. The van der Waals surface area contributed by atoms with Crippen LogP contribution in [0.4, 0.5) is 0 Å². The van der Waals surface area contributed by atoms with Gasteiger partial charge in [0.15, 0.2) is 0 Å². The summed E-state index contributed by atoms with van der Waals surface area (Å²) in [5.74, 6) is 0. The normalized spacial score (nSPS) is 13.0. The lowest BCUT2D eigenvalue weighted by molar-refractivity contribution is 0.575. The lowest BCUT2D eigenvalue weighted by Gasteiger charge is -2.19. The maximum absolute atomic E-state index is 6.22. The SMILES string of the molecule is C/C=c1\c(=C/C)oc2ccc(-c3c4ccccc4c(-c4ccc5oc6ccccc6c5c4)c4ccc5ccccc5c34)cc12. The highest BCUT2D eigenvalue weighted by Crippen LogP contribution is 2.47. The van der Waals surface area contributed by atoms with Gasteiger partial charge in [0.05, 0.1) is 0 Å². The molecule has 2 heterocycles. The third-order valence-electron chi connectivity index (χ3n) is 9.17. The standard InChI is InChI=1S/C42H28O2/c1-3-28-34-24-27(19-22-38(34)43-36(28)4-2)41-32-15-8-7-14-31(32)40(33-20-17-25-11-5-6-12-29(25)42(33)41)26-18-21-39-35(23-26)30-13-9-10-16-37(30)44-39/h3-24H,1-2H3/b28-3-,36-4+. The number of rotatable bonds is 2. The third kappa shape index (κ3) is 3.49. The molecule has 0 aliphatic heterocycles. The molecule has 9 rings (SSSR count). The molecule has 0 radical (unpaired) electrons. The van der Waals surface area contributed by atoms with Crippen molar-refractivity contribution in [2.45, 2.75) is 13.8 Å². The van der Waals surface area contributed by atoms with Crippen molar-refractivity contribution in [1.82, 2.24) is 0 Å². The molecule has 0 amide bonds. The Balaban J connectivity index is 1.46. The minimum atomic E-state index is 0.908.